The number of nitrogens with zero attached hydrogens (tertiary/aromatic N) is 3. The molecule has 102 valence electrons. The van der Waals surface area contributed by atoms with Gasteiger partial charge in [-0.3, -0.25) is 4.98 Å². The van der Waals surface area contributed by atoms with Crippen molar-refractivity contribution in [2.45, 2.75) is 6.54 Å². The zero-order valence-electron chi connectivity index (χ0n) is 10.7. The Kier molecular flexibility index (Phi) is 3.31. The summed E-state index contributed by atoms with van der Waals surface area (Å²) in [7, 11) is 1.87. The van der Waals surface area contributed by atoms with Crippen LogP contribution in [0.15, 0.2) is 36.7 Å². The minimum absolute atomic E-state index is 0.216. The van der Waals surface area contributed by atoms with Gasteiger partial charge in [0.25, 0.3) is 0 Å². The van der Waals surface area contributed by atoms with E-state index in [0.29, 0.717) is 16.4 Å². The lowest BCUT2D eigenvalue weighted by Crippen LogP contribution is -2.15. The van der Waals surface area contributed by atoms with Gasteiger partial charge in [0.15, 0.2) is 10.9 Å². The molecule has 0 fully saturated rings. The number of anilines is 1. The van der Waals surface area contributed by atoms with Gasteiger partial charge in [-0.2, -0.15) is 0 Å². The van der Waals surface area contributed by atoms with E-state index in [0.717, 1.165) is 11.6 Å². The second-order valence-electron chi connectivity index (χ2n) is 4.44. The Balaban J connectivity index is 1.92. The minimum atomic E-state index is -0.625. The maximum Gasteiger partial charge on any atom is 0.186 e. The third-order valence-electron chi connectivity index (χ3n) is 2.90. The topological polar surface area (TPSA) is 29.0 Å². The second kappa shape index (κ2) is 5.13. The molecule has 3 aromatic rings. The van der Waals surface area contributed by atoms with E-state index in [9.17, 15) is 8.78 Å². The largest absolute Gasteiger partial charge is 0.347 e. The van der Waals surface area contributed by atoms with Crippen LogP contribution < -0.4 is 4.90 Å². The SMILES string of the molecule is CN(Cc1ccncc1)c1nc2c(F)cc(F)cc2s1. The fourth-order valence-corrected chi connectivity index (χ4v) is 2.90. The normalized spacial score (nSPS) is 10.9. The van der Waals surface area contributed by atoms with Gasteiger partial charge < -0.3 is 4.90 Å². The van der Waals surface area contributed by atoms with Crippen molar-refractivity contribution in [2.24, 2.45) is 0 Å². The summed E-state index contributed by atoms with van der Waals surface area (Å²) in [6.07, 6.45) is 3.44. The molecule has 0 aliphatic rings. The van der Waals surface area contributed by atoms with Gasteiger partial charge in [-0.1, -0.05) is 11.3 Å². The first-order valence-corrected chi connectivity index (χ1v) is 6.81. The highest BCUT2D eigenvalue weighted by Gasteiger charge is 2.13. The smallest absolute Gasteiger partial charge is 0.186 e. The zero-order chi connectivity index (χ0) is 14.1. The maximum atomic E-state index is 13.6. The van der Waals surface area contributed by atoms with Gasteiger partial charge in [-0.05, 0) is 23.8 Å². The van der Waals surface area contributed by atoms with E-state index in [4.69, 9.17) is 0 Å². The third-order valence-corrected chi connectivity index (χ3v) is 4.01. The second-order valence-corrected chi connectivity index (χ2v) is 5.45. The van der Waals surface area contributed by atoms with Crippen molar-refractivity contribution in [1.82, 2.24) is 9.97 Å². The van der Waals surface area contributed by atoms with E-state index in [2.05, 4.69) is 9.97 Å². The molecule has 0 atom stereocenters. The average Bonchev–Trinajstić information content (AvgIpc) is 2.84. The number of thiazole rings is 1. The van der Waals surface area contributed by atoms with E-state index in [1.54, 1.807) is 12.4 Å². The lowest BCUT2D eigenvalue weighted by atomic mass is 10.2. The van der Waals surface area contributed by atoms with Gasteiger partial charge in [0.05, 0.1) is 4.70 Å². The summed E-state index contributed by atoms with van der Waals surface area (Å²) >= 11 is 1.27. The highest BCUT2D eigenvalue weighted by Crippen LogP contribution is 2.31. The van der Waals surface area contributed by atoms with Crippen molar-refractivity contribution in [3.8, 4) is 0 Å². The van der Waals surface area contributed by atoms with Crippen LogP contribution in [0.4, 0.5) is 13.9 Å². The summed E-state index contributed by atoms with van der Waals surface area (Å²) < 4.78 is 27.3. The Morgan fingerprint density at radius 3 is 2.70 bits per heavy atom. The zero-order valence-corrected chi connectivity index (χ0v) is 11.5. The summed E-state index contributed by atoms with van der Waals surface area (Å²) in [5.41, 5.74) is 1.29. The fourth-order valence-electron chi connectivity index (χ4n) is 1.94. The molecule has 0 aliphatic carbocycles. The van der Waals surface area contributed by atoms with Crippen LogP contribution in [0.1, 0.15) is 5.56 Å². The summed E-state index contributed by atoms with van der Waals surface area (Å²) in [4.78, 5) is 10.1. The van der Waals surface area contributed by atoms with Gasteiger partial charge in [0.1, 0.15) is 11.3 Å². The molecular formula is C14H11F2N3S. The molecule has 0 unspecified atom stereocenters. The van der Waals surface area contributed by atoms with Crippen molar-refractivity contribution in [3.63, 3.8) is 0 Å². The number of benzene rings is 1. The summed E-state index contributed by atoms with van der Waals surface area (Å²) in [5, 5.41) is 0.654. The molecule has 0 saturated carbocycles. The van der Waals surface area contributed by atoms with Crippen molar-refractivity contribution >= 4 is 26.7 Å². The molecule has 0 amide bonds. The van der Waals surface area contributed by atoms with Crippen LogP contribution in [0, 0.1) is 11.6 Å². The van der Waals surface area contributed by atoms with Crippen LogP contribution in [0.3, 0.4) is 0 Å². The van der Waals surface area contributed by atoms with Crippen LogP contribution in [0.2, 0.25) is 0 Å². The maximum absolute atomic E-state index is 13.6. The molecule has 3 rings (SSSR count). The Bertz CT molecular complexity index is 743. The number of aromatic nitrogens is 2. The number of hydrogen-bond acceptors (Lipinski definition) is 4. The van der Waals surface area contributed by atoms with Gasteiger partial charge in [-0.15, -0.1) is 0 Å². The van der Waals surface area contributed by atoms with Gasteiger partial charge >= 0.3 is 0 Å². The fraction of sp³-hybridized carbons (Fsp3) is 0.143. The molecule has 6 heteroatoms. The number of halogens is 2. The summed E-state index contributed by atoms with van der Waals surface area (Å²) in [6, 6.07) is 5.97. The van der Waals surface area contributed by atoms with Crippen molar-refractivity contribution in [3.05, 3.63) is 53.9 Å². The monoisotopic (exact) mass is 291 g/mol. The molecule has 1 aromatic carbocycles. The van der Waals surface area contributed by atoms with Crippen molar-refractivity contribution in [1.29, 1.82) is 0 Å². The van der Waals surface area contributed by atoms with E-state index in [1.165, 1.54) is 17.4 Å². The first-order valence-electron chi connectivity index (χ1n) is 5.99. The van der Waals surface area contributed by atoms with Crippen LogP contribution in [-0.2, 0) is 6.54 Å². The lowest BCUT2D eigenvalue weighted by Gasteiger charge is -2.15. The number of rotatable bonds is 3. The summed E-state index contributed by atoms with van der Waals surface area (Å²) in [6.45, 7) is 0.631. The molecule has 0 bridgehead atoms. The Morgan fingerprint density at radius 2 is 1.95 bits per heavy atom. The molecule has 2 heterocycles. The van der Waals surface area contributed by atoms with E-state index >= 15 is 0 Å². The van der Waals surface area contributed by atoms with Crippen molar-refractivity contribution < 1.29 is 8.78 Å². The lowest BCUT2D eigenvalue weighted by molar-refractivity contribution is 0.591. The quantitative estimate of drug-likeness (QED) is 0.738. The van der Waals surface area contributed by atoms with E-state index in [1.807, 2.05) is 24.1 Å². The molecule has 0 N–H and O–H groups in total. The number of fused-ring (bicyclic) bond motifs is 1. The van der Waals surface area contributed by atoms with Crippen molar-refractivity contribution in [2.75, 3.05) is 11.9 Å². The third kappa shape index (κ3) is 2.46. The average molecular weight is 291 g/mol. The van der Waals surface area contributed by atoms with Gasteiger partial charge in [0, 0.05) is 32.1 Å². The molecule has 0 aliphatic heterocycles. The molecule has 2 aromatic heterocycles. The van der Waals surface area contributed by atoms with Gasteiger partial charge in [0.2, 0.25) is 0 Å². The Hall–Kier alpha value is -2.08. The number of hydrogen-bond donors (Lipinski definition) is 0. The molecule has 3 nitrogen and oxygen atoms in total. The Morgan fingerprint density at radius 1 is 1.20 bits per heavy atom. The van der Waals surface area contributed by atoms with E-state index in [-0.39, 0.29) is 5.52 Å². The first kappa shape index (κ1) is 12.9. The predicted molar refractivity (Wildman–Crippen MR) is 75.9 cm³/mol. The predicted octanol–water partition coefficient (Wildman–Crippen LogP) is 3.61. The van der Waals surface area contributed by atoms with Crippen LogP contribution in [0.25, 0.3) is 10.2 Å². The van der Waals surface area contributed by atoms with Gasteiger partial charge in [-0.25, -0.2) is 13.8 Å². The molecule has 20 heavy (non-hydrogen) atoms. The van der Waals surface area contributed by atoms with Crippen LogP contribution in [0.5, 0.6) is 0 Å². The number of pyridine rings is 1. The molecule has 0 radical (unpaired) electrons. The highest BCUT2D eigenvalue weighted by molar-refractivity contribution is 7.22. The summed E-state index contributed by atoms with van der Waals surface area (Å²) in [5.74, 6) is -1.21. The van der Waals surface area contributed by atoms with Crippen LogP contribution >= 0.6 is 11.3 Å². The minimum Gasteiger partial charge on any atom is -0.347 e. The molecule has 0 saturated heterocycles. The Labute approximate surface area is 118 Å². The molecular weight excluding hydrogens is 280 g/mol. The first-order chi connectivity index (χ1) is 9.63. The highest BCUT2D eigenvalue weighted by atomic mass is 32.1. The van der Waals surface area contributed by atoms with Crippen LogP contribution in [-0.4, -0.2) is 17.0 Å². The van der Waals surface area contributed by atoms with E-state index < -0.39 is 11.6 Å². The standard InChI is InChI=1S/C14H11F2N3S/c1-19(8-9-2-4-17-5-3-9)14-18-13-11(16)6-10(15)7-12(13)20-14/h2-7H,8H2,1H3. The molecule has 0 spiro atoms.